The molecular formula is C14H17NO5. The molecule has 2 unspecified atom stereocenters. The van der Waals surface area contributed by atoms with Crippen molar-refractivity contribution in [3.05, 3.63) is 29.8 Å². The van der Waals surface area contributed by atoms with Gasteiger partial charge in [-0.1, -0.05) is 12.1 Å². The van der Waals surface area contributed by atoms with Gasteiger partial charge in [-0.15, -0.1) is 0 Å². The maximum atomic E-state index is 11.9. The number of hydrogen-bond donors (Lipinski definition) is 2. The van der Waals surface area contributed by atoms with Crippen LogP contribution in [0.4, 0.5) is 0 Å². The molecule has 1 saturated heterocycles. The van der Waals surface area contributed by atoms with Crippen molar-refractivity contribution in [3.8, 4) is 5.75 Å². The highest BCUT2D eigenvalue weighted by molar-refractivity contribution is 5.80. The number of carboxylic acid groups (broad SMARTS) is 1. The maximum Gasteiger partial charge on any atom is 0.311 e. The van der Waals surface area contributed by atoms with Gasteiger partial charge in [-0.05, 0) is 17.7 Å². The first kappa shape index (κ1) is 14.3. The number of ether oxygens (including phenoxy) is 2. The molecule has 1 aliphatic rings. The summed E-state index contributed by atoms with van der Waals surface area (Å²) < 4.78 is 10.1. The first-order valence-electron chi connectivity index (χ1n) is 6.33. The molecule has 1 aliphatic heterocycles. The van der Waals surface area contributed by atoms with Crippen LogP contribution in [-0.4, -0.2) is 43.3 Å². The normalized spacial score (nSPS) is 21.4. The SMILES string of the molecule is COc1ccc(CC(=O)NC2COCC2C(=O)O)cc1. The number of methoxy groups -OCH3 is 1. The number of benzene rings is 1. The largest absolute Gasteiger partial charge is 0.497 e. The van der Waals surface area contributed by atoms with Crippen LogP contribution in [0.3, 0.4) is 0 Å². The molecule has 1 aromatic carbocycles. The maximum absolute atomic E-state index is 11.9. The second-order valence-electron chi connectivity index (χ2n) is 4.68. The van der Waals surface area contributed by atoms with Crippen LogP contribution < -0.4 is 10.1 Å². The summed E-state index contributed by atoms with van der Waals surface area (Å²) in [5.74, 6) is -1.10. The Morgan fingerprint density at radius 2 is 2.05 bits per heavy atom. The summed E-state index contributed by atoms with van der Waals surface area (Å²) in [6.45, 7) is 0.383. The molecule has 0 aromatic heterocycles. The van der Waals surface area contributed by atoms with Gasteiger partial charge >= 0.3 is 5.97 Å². The van der Waals surface area contributed by atoms with E-state index in [0.29, 0.717) is 0 Å². The average molecular weight is 279 g/mol. The van der Waals surface area contributed by atoms with E-state index in [4.69, 9.17) is 14.6 Å². The molecule has 1 heterocycles. The van der Waals surface area contributed by atoms with Crippen molar-refractivity contribution in [1.82, 2.24) is 5.32 Å². The minimum Gasteiger partial charge on any atom is -0.497 e. The van der Waals surface area contributed by atoms with Crippen LogP contribution in [0.2, 0.25) is 0 Å². The molecule has 1 aromatic rings. The van der Waals surface area contributed by atoms with Crippen molar-refractivity contribution >= 4 is 11.9 Å². The van der Waals surface area contributed by atoms with Gasteiger partial charge in [0.2, 0.25) is 5.91 Å². The fraction of sp³-hybridized carbons (Fsp3) is 0.429. The third kappa shape index (κ3) is 3.48. The molecule has 2 N–H and O–H groups in total. The Morgan fingerprint density at radius 3 is 2.65 bits per heavy atom. The molecular weight excluding hydrogens is 262 g/mol. The predicted molar refractivity (Wildman–Crippen MR) is 70.6 cm³/mol. The van der Waals surface area contributed by atoms with Crippen molar-refractivity contribution in [1.29, 1.82) is 0 Å². The summed E-state index contributed by atoms with van der Waals surface area (Å²) in [7, 11) is 1.58. The lowest BCUT2D eigenvalue weighted by atomic mass is 10.0. The van der Waals surface area contributed by atoms with Crippen molar-refractivity contribution in [2.75, 3.05) is 20.3 Å². The number of carbonyl (C=O) groups is 2. The third-order valence-corrected chi connectivity index (χ3v) is 3.27. The molecule has 20 heavy (non-hydrogen) atoms. The van der Waals surface area contributed by atoms with E-state index in [-0.39, 0.29) is 25.5 Å². The van der Waals surface area contributed by atoms with Gasteiger partial charge in [-0.3, -0.25) is 9.59 Å². The number of carboxylic acids is 1. The second kappa shape index (κ2) is 6.38. The molecule has 0 saturated carbocycles. The molecule has 2 atom stereocenters. The van der Waals surface area contributed by atoms with Gasteiger partial charge in [0.1, 0.15) is 11.7 Å². The fourth-order valence-electron chi connectivity index (χ4n) is 2.13. The average Bonchev–Trinajstić information content (AvgIpc) is 2.87. The summed E-state index contributed by atoms with van der Waals surface area (Å²) in [6, 6.07) is 6.71. The van der Waals surface area contributed by atoms with Gasteiger partial charge in [0.25, 0.3) is 0 Å². The highest BCUT2D eigenvalue weighted by atomic mass is 16.5. The Hall–Kier alpha value is -2.08. The highest BCUT2D eigenvalue weighted by Gasteiger charge is 2.34. The summed E-state index contributed by atoms with van der Waals surface area (Å²) in [5.41, 5.74) is 0.842. The summed E-state index contributed by atoms with van der Waals surface area (Å²) in [6.07, 6.45) is 0.201. The predicted octanol–water partition coefficient (Wildman–Crippen LogP) is 0.453. The number of nitrogens with one attached hydrogen (secondary N) is 1. The summed E-state index contributed by atoms with van der Waals surface area (Å²) in [5, 5.41) is 11.7. The quantitative estimate of drug-likeness (QED) is 0.817. The smallest absolute Gasteiger partial charge is 0.311 e. The Balaban J connectivity index is 1.90. The number of carbonyl (C=O) groups excluding carboxylic acids is 1. The van der Waals surface area contributed by atoms with Gasteiger partial charge in [-0.2, -0.15) is 0 Å². The third-order valence-electron chi connectivity index (χ3n) is 3.27. The van der Waals surface area contributed by atoms with E-state index in [1.54, 1.807) is 31.4 Å². The van der Waals surface area contributed by atoms with Crippen LogP contribution in [-0.2, 0) is 20.7 Å². The van der Waals surface area contributed by atoms with E-state index >= 15 is 0 Å². The van der Waals surface area contributed by atoms with Crippen molar-refractivity contribution in [3.63, 3.8) is 0 Å². The Labute approximate surface area is 116 Å². The van der Waals surface area contributed by atoms with Gasteiger partial charge in [0, 0.05) is 0 Å². The molecule has 0 bridgehead atoms. The van der Waals surface area contributed by atoms with Crippen LogP contribution in [0.5, 0.6) is 5.75 Å². The number of aliphatic carboxylic acids is 1. The fourth-order valence-corrected chi connectivity index (χ4v) is 2.13. The first-order valence-corrected chi connectivity index (χ1v) is 6.33. The molecule has 2 rings (SSSR count). The lowest BCUT2D eigenvalue weighted by Crippen LogP contribution is -2.43. The van der Waals surface area contributed by atoms with Gasteiger partial charge in [0.15, 0.2) is 0 Å². The molecule has 0 radical (unpaired) electrons. The lowest BCUT2D eigenvalue weighted by Gasteiger charge is -2.15. The number of hydrogen-bond acceptors (Lipinski definition) is 4. The monoisotopic (exact) mass is 279 g/mol. The Morgan fingerprint density at radius 1 is 1.35 bits per heavy atom. The molecule has 6 heteroatoms. The number of amides is 1. The molecule has 0 spiro atoms. The molecule has 108 valence electrons. The molecule has 1 amide bonds. The van der Waals surface area contributed by atoms with Crippen molar-refractivity contribution < 1.29 is 24.2 Å². The van der Waals surface area contributed by atoms with E-state index in [0.717, 1.165) is 11.3 Å². The van der Waals surface area contributed by atoms with Gasteiger partial charge < -0.3 is 19.9 Å². The van der Waals surface area contributed by atoms with Crippen molar-refractivity contribution in [2.45, 2.75) is 12.5 Å². The minimum atomic E-state index is -0.947. The first-order chi connectivity index (χ1) is 9.60. The van der Waals surface area contributed by atoms with Crippen LogP contribution >= 0.6 is 0 Å². The van der Waals surface area contributed by atoms with Crippen LogP contribution in [0.1, 0.15) is 5.56 Å². The lowest BCUT2D eigenvalue weighted by molar-refractivity contribution is -0.142. The van der Waals surface area contributed by atoms with E-state index < -0.39 is 17.9 Å². The number of rotatable bonds is 5. The van der Waals surface area contributed by atoms with E-state index in [9.17, 15) is 9.59 Å². The zero-order chi connectivity index (χ0) is 14.5. The highest BCUT2D eigenvalue weighted by Crippen LogP contribution is 2.15. The zero-order valence-electron chi connectivity index (χ0n) is 11.2. The Bertz CT molecular complexity index is 485. The van der Waals surface area contributed by atoms with Crippen LogP contribution in [0, 0.1) is 5.92 Å². The van der Waals surface area contributed by atoms with Crippen molar-refractivity contribution in [2.24, 2.45) is 5.92 Å². The Kier molecular flexibility index (Phi) is 4.57. The summed E-state index contributed by atoms with van der Waals surface area (Å²) >= 11 is 0. The molecule has 6 nitrogen and oxygen atoms in total. The minimum absolute atomic E-state index is 0.142. The molecule has 1 fully saturated rings. The summed E-state index contributed by atoms with van der Waals surface area (Å²) in [4.78, 5) is 22.9. The van der Waals surface area contributed by atoms with Crippen LogP contribution in [0.25, 0.3) is 0 Å². The van der Waals surface area contributed by atoms with Gasteiger partial charge in [0.05, 0.1) is 32.8 Å². The standard InChI is InChI=1S/C14H17NO5/c1-19-10-4-2-9(3-5-10)6-13(16)15-12-8-20-7-11(12)14(17)18/h2-5,11-12H,6-8H2,1H3,(H,15,16)(H,17,18). The van der Waals surface area contributed by atoms with E-state index in [1.807, 2.05) is 0 Å². The zero-order valence-corrected chi connectivity index (χ0v) is 11.2. The van der Waals surface area contributed by atoms with Gasteiger partial charge in [-0.25, -0.2) is 0 Å². The van der Waals surface area contributed by atoms with E-state index in [1.165, 1.54) is 0 Å². The second-order valence-corrected chi connectivity index (χ2v) is 4.68. The van der Waals surface area contributed by atoms with E-state index in [2.05, 4.69) is 5.32 Å². The van der Waals surface area contributed by atoms with Crippen LogP contribution in [0.15, 0.2) is 24.3 Å². The molecule has 0 aliphatic carbocycles. The topological polar surface area (TPSA) is 84.9 Å².